The van der Waals surface area contributed by atoms with Gasteiger partial charge in [-0.1, -0.05) is 0 Å². The average molecular weight is 310 g/mol. The van der Waals surface area contributed by atoms with Gasteiger partial charge in [-0.15, -0.1) is 0 Å². The van der Waals surface area contributed by atoms with Crippen molar-refractivity contribution in [3.63, 3.8) is 0 Å². The van der Waals surface area contributed by atoms with Crippen LogP contribution >= 0.6 is 0 Å². The fourth-order valence-electron chi connectivity index (χ4n) is 0.684. The normalized spacial score (nSPS) is 6.35. The van der Waals surface area contributed by atoms with Crippen LogP contribution in [0.4, 0.5) is 0 Å². The number of benzene rings is 2. The molecule has 90 valence electrons. The summed E-state index contributed by atoms with van der Waals surface area (Å²) in [5.41, 5.74) is 0. The van der Waals surface area contributed by atoms with Crippen molar-refractivity contribution >= 4 is 0 Å². The molecule has 0 aliphatic carbocycles. The molecule has 0 aliphatic rings. The van der Waals surface area contributed by atoms with E-state index in [1.165, 1.54) is 0 Å². The molecule has 2 aromatic rings. The third-order valence-electron chi connectivity index (χ3n) is 1.21. The van der Waals surface area contributed by atoms with Crippen molar-refractivity contribution in [2.24, 2.45) is 0 Å². The minimum atomic E-state index is 0. The van der Waals surface area contributed by atoms with E-state index in [4.69, 9.17) is 10.2 Å². The Bertz CT molecular complexity index is 190. The first kappa shape index (κ1) is 21.5. The molecular formula is C14H18O2Zr. The van der Waals surface area contributed by atoms with E-state index in [0.717, 1.165) is 14.2 Å². The van der Waals surface area contributed by atoms with Gasteiger partial charge in [0.2, 0.25) is 0 Å². The monoisotopic (exact) mass is 308 g/mol. The quantitative estimate of drug-likeness (QED) is 0.732. The van der Waals surface area contributed by atoms with Crippen LogP contribution in [-0.4, -0.2) is 24.4 Å². The van der Waals surface area contributed by atoms with E-state index in [0.29, 0.717) is 0 Å². The Hall–Kier alpha value is -0.757. The predicted octanol–water partition coefficient (Wildman–Crippen LogP) is 2.19. The molecule has 0 bridgehead atoms. The molecule has 2 nitrogen and oxygen atoms in total. The Balaban J connectivity index is -0.000000171. The third kappa shape index (κ3) is 21.1. The van der Waals surface area contributed by atoms with Crippen molar-refractivity contribution in [2.75, 3.05) is 14.2 Å². The Morgan fingerprint density at radius 3 is 0.824 bits per heavy atom. The van der Waals surface area contributed by atoms with E-state index in [-0.39, 0.29) is 26.2 Å². The van der Waals surface area contributed by atoms with Gasteiger partial charge in [-0.3, -0.25) is 0 Å². The second-order valence-electron chi connectivity index (χ2n) is 2.15. The van der Waals surface area contributed by atoms with Gasteiger partial charge < -0.3 is 10.2 Å². The van der Waals surface area contributed by atoms with Crippen LogP contribution in [0, 0.1) is 12.1 Å². The second kappa shape index (κ2) is 24.5. The van der Waals surface area contributed by atoms with Crippen LogP contribution < -0.4 is 0 Å². The summed E-state index contributed by atoms with van der Waals surface area (Å²) < 4.78 is 0. The van der Waals surface area contributed by atoms with E-state index in [2.05, 4.69) is 12.1 Å². The minimum absolute atomic E-state index is 0. The molecule has 2 N–H and O–H groups in total. The number of hydrogen-bond donors (Lipinski definition) is 2. The summed E-state index contributed by atoms with van der Waals surface area (Å²) in [4.78, 5) is 0. The van der Waals surface area contributed by atoms with Crippen LogP contribution in [0.15, 0.2) is 60.7 Å². The summed E-state index contributed by atoms with van der Waals surface area (Å²) in [5.74, 6) is 0. The molecule has 2 aromatic carbocycles. The molecule has 2 rings (SSSR count). The van der Waals surface area contributed by atoms with Gasteiger partial charge >= 0.3 is 26.2 Å². The molecule has 3 heteroatoms. The van der Waals surface area contributed by atoms with E-state index >= 15 is 0 Å². The Labute approximate surface area is 123 Å². The van der Waals surface area contributed by atoms with Crippen LogP contribution in [0.25, 0.3) is 0 Å². The molecule has 0 atom stereocenters. The standard InChI is InChI=1S/2C6H5.2CH4O.Zr/c2*1-2-4-6-5-3-1;2*1-2;/h2*1-5H;2*2H,1H3;/q2*-1;;;+2. The molecular weight excluding hydrogens is 291 g/mol. The van der Waals surface area contributed by atoms with Gasteiger partial charge in [-0.05, 0) is 0 Å². The fourth-order valence-corrected chi connectivity index (χ4v) is 0.684. The largest absolute Gasteiger partial charge is 2.00 e. The first-order valence-electron chi connectivity index (χ1n) is 4.72. The SMILES string of the molecule is CO.CO.[Zr+2].[c-]1ccccc1.[c-]1ccccc1. The first-order valence-corrected chi connectivity index (χ1v) is 4.72. The molecule has 0 heterocycles. The number of aliphatic hydroxyl groups excluding tert-OH is 2. The molecule has 0 spiro atoms. The number of rotatable bonds is 0. The molecule has 0 saturated heterocycles. The van der Waals surface area contributed by atoms with Crippen LogP contribution in [0.5, 0.6) is 0 Å². The van der Waals surface area contributed by atoms with Crippen molar-refractivity contribution < 1.29 is 36.4 Å². The summed E-state index contributed by atoms with van der Waals surface area (Å²) in [6, 6.07) is 25.0. The summed E-state index contributed by atoms with van der Waals surface area (Å²) >= 11 is 0. The topological polar surface area (TPSA) is 40.5 Å². The van der Waals surface area contributed by atoms with E-state index in [1.807, 2.05) is 60.7 Å². The minimum Gasteiger partial charge on any atom is -0.400 e. The molecule has 0 aromatic heterocycles. The predicted molar refractivity (Wildman–Crippen MR) is 66.8 cm³/mol. The van der Waals surface area contributed by atoms with Gasteiger partial charge in [-0.25, -0.2) is 0 Å². The molecule has 0 aliphatic heterocycles. The molecule has 0 amide bonds. The van der Waals surface area contributed by atoms with Crippen molar-refractivity contribution in [1.82, 2.24) is 0 Å². The summed E-state index contributed by atoms with van der Waals surface area (Å²) in [6.07, 6.45) is 0. The van der Waals surface area contributed by atoms with E-state index < -0.39 is 0 Å². The summed E-state index contributed by atoms with van der Waals surface area (Å²) in [7, 11) is 2.00. The Kier molecular flexibility index (Phi) is 31.0. The zero-order valence-electron chi connectivity index (χ0n) is 10.2. The average Bonchev–Trinajstić information content (AvgIpc) is 2.48. The van der Waals surface area contributed by atoms with Gasteiger partial charge in [0.15, 0.2) is 0 Å². The van der Waals surface area contributed by atoms with E-state index in [1.54, 1.807) is 0 Å². The van der Waals surface area contributed by atoms with Crippen molar-refractivity contribution in [3.8, 4) is 0 Å². The third-order valence-corrected chi connectivity index (χ3v) is 1.21. The Morgan fingerprint density at radius 2 is 0.765 bits per heavy atom. The second-order valence-corrected chi connectivity index (χ2v) is 2.15. The molecule has 17 heavy (non-hydrogen) atoms. The maximum absolute atomic E-state index is 7.00. The van der Waals surface area contributed by atoms with Crippen LogP contribution in [0.2, 0.25) is 0 Å². The molecule has 0 saturated carbocycles. The van der Waals surface area contributed by atoms with Gasteiger partial charge in [0, 0.05) is 14.2 Å². The maximum Gasteiger partial charge on any atom is 2.00 e. The van der Waals surface area contributed by atoms with Gasteiger partial charge in [0.05, 0.1) is 0 Å². The summed E-state index contributed by atoms with van der Waals surface area (Å²) in [6.45, 7) is 0. The van der Waals surface area contributed by atoms with E-state index in [9.17, 15) is 0 Å². The van der Waals surface area contributed by atoms with Crippen molar-refractivity contribution in [3.05, 3.63) is 72.8 Å². The molecule has 0 fully saturated rings. The van der Waals surface area contributed by atoms with Crippen LogP contribution in [0.3, 0.4) is 0 Å². The smallest absolute Gasteiger partial charge is 0.400 e. The van der Waals surface area contributed by atoms with Crippen molar-refractivity contribution in [2.45, 2.75) is 0 Å². The van der Waals surface area contributed by atoms with Gasteiger partial charge in [0.25, 0.3) is 0 Å². The molecule has 0 radical (unpaired) electrons. The Morgan fingerprint density at radius 1 is 0.529 bits per heavy atom. The number of hydrogen-bond acceptors (Lipinski definition) is 2. The molecule has 0 unspecified atom stereocenters. The van der Waals surface area contributed by atoms with Crippen molar-refractivity contribution in [1.29, 1.82) is 0 Å². The maximum atomic E-state index is 7.00. The van der Waals surface area contributed by atoms with Crippen LogP contribution in [0.1, 0.15) is 0 Å². The van der Waals surface area contributed by atoms with Crippen LogP contribution in [-0.2, 0) is 26.2 Å². The summed E-state index contributed by atoms with van der Waals surface area (Å²) in [5, 5.41) is 14.0. The van der Waals surface area contributed by atoms with Gasteiger partial charge in [0.1, 0.15) is 0 Å². The first-order chi connectivity index (χ1) is 8.00. The number of aliphatic hydroxyl groups is 2. The zero-order valence-corrected chi connectivity index (χ0v) is 12.6. The fraction of sp³-hybridized carbons (Fsp3) is 0.143. The van der Waals surface area contributed by atoms with Gasteiger partial charge in [-0.2, -0.15) is 72.8 Å². The zero-order chi connectivity index (χ0) is 12.5.